The molecule has 1 saturated heterocycles. The van der Waals surface area contributed by atoms with Gasteiger partial charge >= 0.3 is 0 Å². The number of quaternary nitrogens is 1. The number of benzene rings is 1. The molecule has 3 N–H and O–H groups in total. The first kappa shape index (κ1) is 15.2. The van der Waals surface area contributed by atoms with Crippen molar-refractivity contribution in [1.29, 1.82) is 0 Å². The van der Waals surface area contributed by atoms with Crippen LogP contribution in [0.4, 0.5) is 5.69 Å². The summed E-state index contributed by atoms with van der Waals surface area (Å²) in [5.41, 5.74) is 2.38. The van der Waals surface area contributed by atoms with Gasteiger partial charge in [-0.3, -0.25) is 0 Å². The fourth-order valence-electron chi connectivity index (χ4n) is 2.26. The van der Waals surface area contributed by atoms with Gasteiger partial charge in [-0.05, 0) is 36.3 Å². The number of rotatable bonds is 5. The monoisotopic (exact) mass is 294 g/mol. The Hall–Kier alpha value is -1.17. The van der Waals surface area contributed by atoms with Crippen molar-refractivity contribution >= 4 is 23.0 Å². The van der Waals surface area contributed by atoms with Crippen LogP contribution in [0.5, 0.6) is 0 Å². The summed E-state index contributed by atoms with van der Waals surface area (Å²) in [4.78, 5) is 1.58. The van der Waals surface area contributed by atoms with Crippen molar-refractivity contribution in [3.8, 4) is 0 Å². The number of hydrogen-bond acceptors (Lipinski definition) is 2. The molecule has 0 aliphatic carbocycles. The highest BCUT2D eigenvalue weighted by Crippen LogP contribution is 2.09. The SMILES string of the molecule is CCc1ccc(NC(=S)NCC[NH+]2CCOCC2)cc1. The third-order valence-electron chi connectivity index (χ3n) is 3.58. The van der Waals surface area contributed by atoms with E-state index in [2.05, 4.69) is 41.8 Å². The normalized spacial score (nSPS) is 15.8. The minimum atomic E-state index is 0.696. The first-order chi connectivity index (χ1) is 9.78. The second-order valence-corrected chi connectivity index (χ2v) is 5.45. The number of morpholine rings is 1. The molecule has 1 aliphatic heterocycles. The number of thiocarbonyl (C=S) groups is 1. The first-order valence-corrected chi connectivity index (χ1v) is 7.74. The first-order valence-electron chi connectivity index (χ1n) is 7.33. The molecule has 0 radical (unpaired) electrons. The molecule has 4 nitrogen and oxygen atoms in total. The lowest BCUT2D eigenvalue weighted by Crippen LogP contribution is -3.14. The number of anilines is 1. The van der Waals surface area contributed by atoms with E-state index in [4.69, 9.17) is 17.0 Å². The van der Waals surface area contributed by atoms with Gasteiger partial charge in [0, 0.05) is 5.69 Å². The molecule has 0 unspecified atom stereocenters. The standard InChI is InChI=1S/C15H23N3OS/c1-2-13-3-5-14(6-4-13)17-15(20)16-7-8-18-9-11-19-12-10-18/h3-6H,2,7-12H2,1H3,(H2,16,17,20)/p+1. The minimum Gasteiger partial charge on any atom is -0.370 e. The van der Waals surface area contributed by atoms with E-state index >= 15 is 0 Å². The zero-order valence-corrected chi connectivity index (χ0v) is 12.9. The zero-order chi connectivity index (χ0) is 14.2. The maximum atomic E-state index is 5.35. The van der Waals surface area contributed by atoms with Gasteiger partial charge in [-0.2, -0.15) is 0 Å². The summed E-state index contributed by atoms with van der Waals surface area (Å²) in [6.07, 6.45) is 1.06. The number of aryl methyl sites for hydroxylation is 1. The van der Waals surface area contributed by atoms with Gasteiger partial charge in [-0.15, -0.1) is 0 Å². The molecule has 5 heteroatoms. The van der Waals surface area contributed by atoms with Crippen LogP contribution in [0.15, 0.2) is 24.3 Å². The molecule has 110 valence electrons. The van der Waals surface area contributed by atoms with Crippen molar-refractivity contribution in [2.75, 3.05) is 44.7 Å². The van der Waals surface area contributed by atoms with E-state index in [1.54, 1.807) is 4.90 Å². The molecule has 1 heterocycles. The molecule has 0 aromatic heterocycles. The average Bonchev–Trinajstić information content (AvgIpc) is 2.49. The van der Waals surface area contributed by atoms with Crippen molar-refractivity contribution in [3.63, 3.8) is 0 Å². The average molecular weight is 294 g/mol. The van der Waals surface area contributed by atoms with Crippen LogP contribution in [0.2, 0.25) is 0 Å². The van der Waals surface area contributed by atoms with Crippen LogP contribution >= 0.6 is 12.2 Å². The Morgan fingerprint density at radius 3 is 2.60 bits per heavy atom. The van der Waals surface area contributed by atoms with Crippen molar-refractivity contribution in [2.45, 2.75) is 13.3 Å². The van der Waals surface area contributed by atoms with Gasteiger partial charge in [0.2, 0.25) is 0 Å². The van der Waals surface area contributed by atoms with Gasteiger partial charge in [0.15, 0.2) is 5.11 Å². The molecule has 0 saturated carbocycles. The molecule has 0 amide bonds. The molecule has 1 aromatic carbocycles. The van der Waals surface area contributed by atoms with Crippen molar-refractivity contribution in [3.05, 3.63) is 29.8 Å². The number of nitrogens with one attached hydrogen (secondary N) is 3. The molecule has 0 bridgehead atoms. The third kappa shape index (κ3) is 5.07. The second-order valence-electron chi connectivity index (χ2n) is 5.04. The van der Waals surface area contributed by atoms with Gasteiger partial charge in [-0.25, -0.2) is 0 Å². The van der Waals surface area contributed by atoms with Gasteiger partial charge in [0.25, 0.3) is 0 Å². The van der Waals surface area contributed by atoms with Crippen molar-refractivity contribution < 1.29 is 9.64 Å². The summed E-state index contributed by atoms with van der Waals surface area (Å²) < 4.78 is 5.35. The predicted octanol–water partition coefficient (Wildman–Crippen LogP) is 0.451. The largest absolute Gasteiger partial charge is 0.370 e. The summed E-state index contributed by atoms with van der Waals surface area (Å²) in [6, 6.07) is 8.39. The van der Waals surface area contributed by atoms with Crippen LogP contribution < -0.4 is 15.5 Å². The lowest BCUT2D eigenvalue weighted by molar-refractivity contribution is -0.906. The van der Waals surface area contributed by atoms with E-state index in [-0.39, 0.29) is 0 Å². The summed E-state index contributed by atoms with van der Waals surface area (Å²) >= 11 is 5.31. The van der Waals surface area contributed by atoms with E-state index in [1.807, 2.05) is 0 Å². The Labute approximate surface area is 126 Å². The molecule has 2 rings (SSSR count). The molecule has 1 aromatic rings. The molecule has 1 aliphatic rings. The molecular formula is C15H24N3OS+. The third-order valence-corrected chi connectivity index (χ3v) is 3.83. The summed E-state index contributed by atoms with van der Waals surface area (Å²) in [7, 11) is 0. The van der Waals surface area contributed by atoms with E-state index in [9.17, 15) is 0 Å². The van der Waals surface area contributed by atoms with Gasteiger partial charge in [-0.1, -0.05) is 19.1 Å². The Balaban J connectivity index is 1.66. The summed E-state index contributed by atoms with van der Waals surface area (Å²) in [6.45, 7) is 8.08. The Morgan fingerprint density at radius 2 is 1.95 bits per heavy atom. The van der Waals surface area contributed by atoms with Crippen LogP contribution in [0.3, 0.4) is 0 Å². The van der Waals surface area contributed by atoms with E-state index in [0.29, 0.717) is 5.11 Å². The van der Waals surface area contributed by atoms with Crippen LogP contribution in [-0.4, -0.2) is 44.5 Å². The topological polar surface area (TPSA) is 37.7 Å². The maximum Gasteiger partial charge on any atom is 0.170 e. The highest BCUT2D eigenvalue weighted by molar-refractivity contribution is 7.80. The second kappa shape index (κ2) is 8.19. The quantitative estimate of drug-likeness (QED) is 0.690. The molecule has 1 fully saturated rings. The highest BCUT2D eigenvalue weighted by Gasteiger charge is 2.12. The maximum absolute atomic E-state index is 5.35. The van der Waals surface area contributed by atoms with Crippen LogP contribution in [-0.2, 0) is 11.2 Å². The highest BCUT2D eigenvalue weighted by atomic mass is 32.1. The lowest BCUT2D eigenvalue weighted by Gasteiger charge is -2.24. The molecule has 0 spiro atoms. The number of ether oxygens (including phenoxy) is 1. The smallest absolute Gasteiger partial charge is 0.170 e. The van der Waals surface area contributed by atoms with E-state index in [1.165, 1.54) is 5.56 Å². The number of hydrogen-bond donors (Lipinski definition) is 3. The molecule has 0 atom stereocenters. The van der Waals surface area contributed by atoms with E-state index < -0.39 is 0 Å². The van der Waals surface area contributed by atoms with Gasteiger partial charge in [0.1, 0.15) is 13.1 Å². The predicted molar refractivity (Wildman–Crippen MR) is 86.4 cm³/mol. The zero-order valence-electron chi connectivity index (χ0n) is 12.1. The minimum absolute atomic E-state index is 0.696. The fourth-order valence-corrected chi connectivity index (χ4v) is 2.48. The van der Waals surface area contributed by atoms with Crippen LogP contribution in [0, 0.1) is 0 Å². The van der Waals surface area contributed by atoms with Crippen LogP contribution in [0.1, 0.15) is 12.5 Å². The lowest BCUT2D eigenvalue weighted by atomic mass is 10.1. The van der Waals surface area contributed by atoms with Gasteiger partial charge < -0.3 is 20.3 Å². The Morgan fingerprint density at radius 1 is 1.25 bits per heavy atom. The Bertz CT molecular complexity index is 416. The van der Waals surface area contributed by atoms with Crippen LogP contribution in [0.25, 0.3) is 0 Å². The molecular weight excluding hydrogens is 270 g/mol. The molecule has 20 heavy (non-hydrogen) atoms. The fraction of sp³-hybridized carbons (Fsp3) is 0.533. The van der Waals surface area contributed by atoms with Crippen molar-refractivity contribution in [1.82, 2.24) is 5.32 Å². The van der Waals surface area contributed by atoms with E-state index in [0.717, 1.165) is 51.5 Å². The summed E-state index contributed by atoms with van der Waals surface area (Å²) in [5.74, 6) is 0. The van der Waals surface area contributed by atoms with Gasteiger partial charge in [0.05, 0.1) is 26.3 Å². The summed E-state index contributed by atoms with van der Waals surface area (Å²) in [5, 5.41) is 7.18. The van der Waals surface area contributed by atoms with Crippen molar-refractivity contribution in [2.24, 2.45) is 0 Å². The Kier molecular flexibility index (Phi) is 6.24.